The van der Waals surface area contributed by atoms with E-state index in [0.29, 0.717) is 24.7 Å². The molecule has 0 bridgehead atoms. The molecule has 1 heterocycles. The highest BCUT2D eigenvalue weighted by Gasteiger charge is 2.22. The van der Waals surface area contributed by atoms with Gasteiger partial charge >= 0.3 is 5.97 Å². The summed E-state index contributed by atoms with van der Waals surface area (Å²) in [5.41, 5.74) is 0.676. The molecule has 0 radical (unpaired) electrons. The lowest BCUT2D eigenvalue weighted by molar-refractivity contribution is -0.137. The molecule has 1 aliphatic carbocycles. The zero-order valence-corrected chi connectivity index (χ0v) is 10.3. The highest BCUT2D eigenvalue weighted by molar-refractivity contribution is 5.92. The number of aromatic nitrogens is 1. The van der Waals surface area contributed by atoms with Crippen molar-refractivity contribution in [3.63, 3.8) is 0 Å². The van der Waals surface area contributed by atoms with Crippen LogP contribution in [0.25, 0.3) is 0 Å². The summed E-state index contributed by atoms with van der Waals surface area (Å²) in [6.07, 6.45) is 5.98. The van der Waals surface area contributed by atoms with Crippen LogP contribution < -0.4 is 5.32 Å². The van der Waals surface area contributed by atoms with Crippen molar-refractivity contribution in [1.29, 1.82) is 0 Å². The molecule has 5 nitrogen and oxygen atoms in total. The zero-order chi connectivity index (χ0) is 13.0. The van der Waals surface area contributed by atoms with Crippen molar-refractivity contribution in [2.45, 2.75) is 38.1 Å². The summed E-state index contributed by atoms with van der Waals surface area (Å²) in [7, 11) is 0. The molecule has 1 fully saturated rings. The van der Waals surface area contributed by atoms with Gasteiger partial charge in [0.1, 0.15) is 5.69 Å². The molecule has 2 N–H and O–H groups in total. The second-order valence-corrected chi connectivity index (χ2v) is 4.64. The molecule has 0 unspecified atom stereocenters. The van der Waals surface area contributed by atoms with Gasteiger partial charge in [-0.05, 0) is 37.8 Å². The van der Waals surface area contributed by atoms with Crippen molar-refractivity contribution in [2.75, 3.05) is 6.54 Å². The standard InChI is InChI=1S/C13H18N2O3/c16-12(17)7-2-8-14-13(18)11-6-3-9-15(11)10-4-1-5-10/h3,6,9-10H,1-2,4-5,7-8H2,(H,14,18)(H,16,17). The molecule has 2 rings (SSSR count). The zero-order valence-electron chi connectivity index (χ0n) is 10.3. The molecule has 0 aromatic carbocycles. The summed E-state index contributed by atoms with van der Waals surface area (Å²) >= 11 is 0. The largest absolute Gasteiger partial charge is 0.481 e. The van der Waals surface area contributed by atoms with Gasteiger partial charge in [-0.25, -0.2) is 0 Å². The third-order valence-corrected chi connectivity index (χ3v) is 3.33. The summed E-state index contributed by atoms with van der Waals surface area (Å²) in [5.74, 6) is -0.945. The van der Waals surface area contributed by atoms with Crippen LogP contribution in [-0.4, -0.2) is 28.1 Å². The van der Waals surface area contributed by atoms with Crippen LogP contribution >= 0.6 is 0 Å². The van der Waals surface area contributed by atoms with Gasteiger partial charge in [0.25, 0.3) is 5.91 Å². The molecule has 18 heavy (non-hydrogen) atoms. The summed E-state index contributed by atoms with van der Waals surface area (Å²) in [6.45, 7) is 0.404. The fourth-order valence-corrected chi connectivity index (χ4v) is 2.10. The number of carboxylic acids is 1. The fraction of sp³-hybridized carbons (Fsp3) is 0.538. The molecule has 1 aromatic heterocycles. The predicted octanol–water partition coefficient (Wildman–Crippen LogP) is 1.81. The Labute approximate surface area is 106 Å². The first kappa shape index (κ1) is 12.7. The smallest absolute Gasteiger partial charge is 0.303 e. The van der Waals surface area contributed by atoms with E-state index in [-0.39, 0.29) is 12.3 Å². The van der Waals surface area contributed by atoms with E-state index in [9.17, 15) is 9.59 Å². The van der Waals surface area contributed by atoms with Crippen LogP contribution in [0.3, 0.4) is 0 Å². The van der Waals surface area contributed by atoms with E-state index < -0.39 is 5.97 Å². The maximum absolute atomic E-state index is 11.9. The van der Waals surface area contributed by atoms with Gasteiger partial charge < -0.3 is 15.0 Å². The summed E-state index contributed by atoms with van der Waals surface area (Å²) in [6, 6.07) is 4.15. The normalized spacial score (nSPS) is 15.1. The molecule has 0 spiro atoms. The maximum atomic E-state index is 11.9. The van der Waals surface area contributed by atoms with Crippen LogP contribution in [0.4, 0.5) is 0 Å². The topological polar surface area (TPSA) is 71.3 Å². The van der Waals surface area contributed by atoms with Gasteiger partial charge in [0, 0.05) is 25.2 Å². The van der Waals surface area contributed by atoms with Crippen molar-refractivity contribution in [2.24, 2.45) is 0 Å². The second kappa shape index (κ2) is 5.71. The Morgan fingerprint density at radius 2 is 2.22 bits per heavy atom. The molecule has 1 saturated carbocycles. The number of nitrogens with one attached hydrogen (secondary N) is 1. The first-order valence-electron chi connectivity index (χ1n) is 6.35. The SMILES string of the molecule is O=C(O)CCCNC(=O)c1cccn1C1CCC1. The molecule has 0 atom stereocenters. The van der Waals surface area contributed by atoms with Crippen LogP contribution in [0, 0.1) is 0 Å². The van der Waals surface area contributed by atoms with Gasteiger partial charge in [0.15, 0.2) is 0 Å². The van der Waals surface area contributed by atoms with Crippen LogP contribution in [0.5, 0.6) is 0 Å². The van der Waals surface area contributed by atoms with Gasteiger partial charge in [-0.15, -0.1) is 0 Å². The Hall–Kier alpha value is -1.78. The first-order valence-corrected chi connectivity index (χ1v) is 6.35. The number of nitrogens with zero attached hydrogens (tertiary/aromatic N) is 1. The van der Waals surface area contributed by atoms with E-state index in [4.69, 9.17) is 5.11 Å². The van der Waals surface area contributed by atoms with Crippen molar-refractivity contribution in [3.05, 3.63) is 24.0 Å². The van der Waals surface area contributed by atoms with Crippen molar-refractivity contribution < 1.29 is 14.7 Å². The monoisotopic (exact) mass is 250 g/mol. The van der Waals surface area contributed by atoms with E-state index in [1.54, 1.807) is 0 Å². The minimum Gasteiger partial charge on any atom is -0.481 e. The van der Waals surface area contributed by atoms with Gasteiger partial charge in [0.2, 0.25) is 0 Å². The van der Waals surface area contributed by atoms with Crippen LogP contribution in [0.1, 0.15) is 48.6 Å². The molecular formula is C13H18N2O3. The summed E-state index contributed by atoms with van der Waals surface area (Å²) in [5, 5.41) is 11.3. The molecule has 5 heteroatoms. The lowest BCUT2D eigenvalue weighted by Gasteiger charge is -2.28. The number of rotatable bonds is 6. The Kier molecular flexibility index (Phi) is 4.02. The Morgan fingerprint density at radius 3 is 2.83 bits per heavy atom. The lowest BCUT2D eigenvalue weighted by Crippen LogP contribution is -2.29. The highest BCUT2D eigenvalue weighted by Crippen LogP contribution is 2.32. The highest BCUT2D eigenvalue weighted by atomic mass is 16.4. The minimum absolute atomic E-state index is 0.0872. The number of hydrogen-bond acceptors (Lipinski definition) is 2. The number of carbonyl (C=O) groups is 2. The third kappa shape index (κ3) is 2.91. The van der Waals surface area contributed by atoms with Crippen LogP contribution in [0.15, 0.2) is 18.3 Å². The molecular weight excluding hydrogens is 232 g/mol. The predicted molar refractivity (Wildman–Crippen MR) is 66.5 cm³/mol. The van der Waals surface area contributed by atoms with E-state index in [1.807, 2.05) is 22.9 Å². The number of hydrogen-bond donors (Lipinski definition) is 2. The van der Waals surface area contributed by atoms with E-state index in [0.717, 1.165) is 12.8 Å². The van der Waals surface area contributed by atoms with Gasteiger partial charge in [0.05, 0.1) is 0 Å². The minimum atomic E-state index is -0.831. The molecule has 1 aliphatic rings. The quantitative estimate of drug-likeness (QED) is 0.756. The molecule has 1 aromatic rings. The number of carboxylic acid groups (broad SMARTS) is 1. The Balaban J connectivity index is 1.84. The average Bonchev–Trinajstić information content (AvgIpc) is 2.70. The second-order valence-electron chi connectivity index (χ2n) is 4.64. The van der Waals surface area contributed by atoms with Gasteiger partial charge in [-0.3, -0.25) is 9.59 Å². The Bertz CT molecular complexity index is 435. The summed E-state index contributed by atoms with van der Waals surface area (Å²) < 4.78 is 2.02. The van der Waals surface area contributed by atoms with Crippen LogP contribution in [-0.2, 0) is 4.79 Å². The third-order valence-electron chi connectivity index (χ3n) is 3.33. The molecule has 1 amide bonds. The molecule has 0 saturated heterocycles. The van der Waals surface area contributed by atoms with E-state index in [2.05, 4.69) is 5.32 Å². The number of amides is 1. The van der Waals surface area contributed by atoms with Crippen molar-refractivity contribution >= 4 is 11.9 Å². The fourth-order valence-electron chi connectivity index (χ4n) is 2.10. The van der Waals surface area contributed by atoms with Gasteiger partial charge in [-0.2, -0.15) is 0 Å². The maximum Gasteiger partial charge on any atom is 0.303 e. The Morgan fingerprint density at radius 1 is 1.44 bits per heavy atom. The number of carbonyl (C=O) groups excluding carboxylic acids is 1. The molecule has 98 valence electrons. The number of aliphatic carboxylic acids is 1. The molecule has 0 aliphatic heterocycles. The van der Waals surface area contributed by atoms with E-state index >= 15 is 0 Å². The van der Waals surface area contributed by atoms with Crippen molar-refractivity contribution in [1.82, 2.24) is 9.88 Å². The van der Waals surface area contributed by atoms with E-state index in [1.165, 1.54) is 6.42 Å². The average molecular weight is 250 g/mol. The van der Waals surface area contributed by atoms with Gasteiger partial charge in [-0.1, -0.05) is 0 Å². The summed E-state index contributed by atoms with van der Waals surface area (Å²) in [4.78, 5) is 22.3. The lowest BCUT2D eigenvalue weighted by atomic mass is 9.93. The van der Waals surface area contributed by atoms with Crippen molar-refractivity contribution in [3.8, 4) is 0 Å². The van der Waals surface area contributed by atoms with Crippen LogP contribution in [0.2, 0.25) is 0 Å². The first-order chi connectivity index (χ1) is 8.68.